The van der Waals surface area contributed by atoms with Crippen LogP contribution in [0, 0.1) is 0 Å². The Balaban J connectivity index is 1.65. The summed E-state index contributed by atoms with van der Waals surface area (Å²) in [4.78, 5) is 31.7. The van der Waals surface area contributed by atoms with Crippen LogP contribution in [0.1, 0.15) is 55.4 Å². The van der Waals surface area contributed by atoms with Gasteiger partial charge in [0, 0.05) is 37.6 Å². The molecule has 216 valence electrons. The van der Waals surface area contributed by atoms with E-state index < -0.39 is 22.0 Å². The molecule has 1 atom stereocenters. The molecule has 2 aromatic carbocycles. The van der Waals surface area contributed by atoms with Gasteiger partial charge < -0.3 is 25.0 Å². The molecule has 1 aromatic heterocycles. The third-order valence-corrected chi connectivity index (χ3v) is 7.81. The zero-order valence-electron chi connectivity index (χ0n) is 23.7. The summed E-state index contributed by atoms with van der Waals surface area (Å²) in [6.07, 6.45) is 0.155. The van der Waals surface area contributed by atoms with E-state index in [4.69, 9.17) is 4.74 Å². The zero-order valence-corrected chi connectivity index (χ0v) is 24.5. The topological polar surface area (TPSA) is 144 Å². The standard InChI is InChI=1S/C28H37N5O6S/c1-17(32-10-12-33(13-11-32)27(35)36)20-9-7-8-18-14-23(29-24(18)20)26(34)30-21-15-19(28(2,3)4)16-22(25(21)39-5)31-40(6,37)38/h7-9,14-17,29,31H,10-13H2,1-6H3,(H,30,34)(H,35,36). The molecule has 0 spiro atoms. The molecule has 4 rings (SSSR count). The van der Waals surface area contributed by atoms with Crippen LogP contribution in [-0.2, 0) is 15.4 Å². The second-order valence-electron chi connectivity index (χ2n) is 11.2. The van der Waals surface area contributed by atoms with E-state index in [0.29, 0.717) is 37.6 Å². The van der Waals surface area contributed by atoms with Gasteiger partial charge in [0.25, 0.3) is 5.91 Å². The highest BCUT2D eigenvalue weighted by molar-refractivity contribution is 7.92. The Hall–Kier alpha value is -3.77. The number of piperazine rings is 1. The highest BCUT2D eigenvalue weighted by Crippen LogP contribution is 2.39. The summed E-state index contributed by atoms with van der Waals surface area (Å²) in [6.45, 7) is 10.2. The van der Waals surface area contributed by atoms with Crippen LogP contribution in [-0.4, -0.2) is 79.9 Å². The van der Waals surface area contributed by atoms with Gasteiger partial charge in [-0.1, -0.05) is 39.0 Å². The van der Waals surface area contributed by atoms with Crippen LogP contribution >= 0.6 is 0 Å². The normalized spacial score (nSPS) is 15.6. The molecule has 40 heavy (non-hydrogen) atoms. The number of nitrogens with zero attached hydrogens (tertiary/aromatic N) is 2. The Labute approximate surface area is 234 Å². The van der Waals surface area contributed by atoms with Gasteiger partial charge in [0.15, 0.2) is 5.75 Å². The summed E-state index contributed by atoms with van der Waals surface area (Å²) in [7, 11) is -2.18. The van der Waals surface area contributed by atoms with E-state index in [-0.39, 0.29) is 22.9 Å². The number of hydrogen-bond acceptors (Lipinski definition) is 6. The number of methoxy groups -OCH3 is 1. The lowest BCUT2D eigenvalue weighted by molar-refractivity contribution is 0.0891. The minimum Gasteiger partial charge on any atom is -0.492 e. The van der Waals surface area contributed by atoms with E-state index in [0.717, 1.165) is 28.3 Å². The molecule has 2 amide bonds. The second kappa shape index (κ2) is 11.0. The Bertz CT molecular complexity index is 1530. The van der Waals surface area contributed by atoms with Crippen LogP contribution in [0.4, 0.5) is 16.2 Å². The van der Waals surface area contributed by atoms with Crippen molar-refractivity contribution < 1.29 is 27.9 Å². The summed E-state index contributed by atoms with van der Waals surface area (Å²) in [5, 5.41) is 13.0. The maximum Gasteiger partial charge on any atom is 0.407 e. The molecule has 12 heteroatoms. The number of nitrogens with one attached hydrogen (secondary N) is 3. The molecule has 1 saturated heterocycles. The number of hydrogen-bond donors (Lipinski definition) is 4. The van der Waals surface area contributed by atoms with Crippen LogP contribution in [0.25, 0.3) is 10.9 Å². The summed E-state index contributed by atoms with van der Waals surface area (Å²) < 4.78 is 32.1. The maximum absolute atomic E-state index is 13.5. The van der Waals surface area contributed by atoms with Gasteiger partial charge in [0.2, 0.25) is 10.0 Å². The predicted octanol–water partition coefficient (Wildman–Crippen LogP) is 4.45. The molecular formula is C28H37N5O6S. The van der Waals surface area contributed by atoms with Crippen molar-refractivity contribution in [1.82, 2.24) is 14.8 Å². The number of aromatic nitrogens is 1. The number of amides is 2. The van der Waals surface area contributed by atoms with Gasteiger partial charge in [-0.3, -0.25) is 14.4 Å². The van der Waals surface area contributed by atoms with E-state index in [1.807, 2.05) is 39.0 Å². The third-order valence-electron chi connectivity index (χ3n) is 7.22. The first-order valence-electron chi connectivity index (χ1n) is 13.0. The molecule has 0 aliphatic carbocycles. The number of ether oxygens (including phenoxy) is 1. The third kappa shape index (κ3) is 6.34. The van der Waals surface area contributed by atoms with Gasteiger partial charge in [-0.25, -0.2) is 13.2 Å². The Morgan fingerprint density at radius 2 is 1.73 bits per heavy atom. The van der Waals surface area contributed by atoms with E-state index in [1.54, 1.807) is 18.2 Å². The van der Waals surface area contributed by atoms with Crippen molar-refractivity contribution in [3.63, 3.8) is 0 Å². The molecule has 0 bridgehead atoms. The molecule has 1 fully saturated rings. The SMILES string of the molecule is COc1c(NC(=O)c2cc3cccc(C(C)N4CCN(C(=O)O)CC4)c3[nH]2)cc(C(C)(C)C)cc1NS(C)(=O)=O. The fourth-order valence-electron chi connectivity index (χ4n) is 4.99. The lowest BCUT2D eigenvalue weighted by Crippen LogP contribution is -2.48. The molecule has 3 aromatic rings. The number of fused-ring (bicyclic) bond motifs is 1. The highest BCUT2D eigenvalue weighted by atomic mass is 32.2. The lowest BCUT2D eigenvalue weighted by atomic mass is 9.86. The molecule has 0 saturated carbocycles. The number of sulfonamides is 1. The van der Waals surface area contributed by atoms with Crippen LogP contribution in [0.15, 0.2) is 36.4 Å². The summed E-state index contributed by atoms with van der Waals surface area (Å²) in [5.74, 6) is -0.197. The summed E-state index contributed by atoms with van der Waals surface area (Å²) in [6, 6.07) is 11.2. The minimum absolute atomic E-state index is 0.00222. The Morgan fingerprint density at radius 1 is 1.07 bits per heavy atom. The van der Waals surface area contributed by atoms with E-state index in [2.05, 4.69) is 26.8 Å². The molecule has 2 heterocycles. The van der Waals surface area contributed by atoms with Gasteiger partial charge in [-0.2, -0.15) is 0 Å². The van der Waals surface area contributed by atoms with Crippen molar-refractivity contribution >= 4 is 44.3 Å². The van der Waals surface area contributed by atoms with Gasteiger partial charge in [0.1, 0.15) is 5.69 Å². The Kier molecular flexibility index (Phi) is 8.04. The van der Waals surface area contributed by atoms with Crippen molar-refractivity contribution in [3.05, 3.63) is 53.2 Å². The molecule has 11 nitrogen and oxygen atoms in total. The Morgan fingerprint density at radius 3 is 2.30 bits per heavy atom. The number of aromatic amines is 1. The van der Waals surface area contributed by atoms with E-state index in [9.17, 15) is 23.1 Å². The summed E-state index contributed by atoms with van der Waals surface area (Å²) in [5.41, 5.74) is 3.24. The maximum atomic E-state index is 13.5. The molecule has 4 N–H and O–H groups in total. The van der Waals surface area contributed by atoms with Crippen molar-refractivity contribution in [3.8, 4) is 5.75 Å². The monoisotopic (exact) mass is 571 g/mol. The van der Waals surface area contributed by atoms with Crippen LogP contribution in [0.5, 0.6) is 5.75 Å². The van der Waals surface area contributed by atoms with Crippen molar-refractivity contribution in [1.29, 1.82) is 0 Å². The number of rotatable bonds is 7. The quantitative estimate of drug-likeness (QED) is 0.328. The van der Waals surface area contributed by atoms with Crippen LogP contribution in [0.3, 0.4) is 0 Å². The molecule has 1 aliphatic heterocycles. The lowest BCUT2D eigenvalue weighted by Gasteiger charge is -2.37. The fourth-order valence-corrected chi connectivity index (χ4v) is 5.54. The molecule has 1 aliphatic rings. The number of benzene rings is 2. The number of carboxylic acid groups (broad SMARTS) is 1. The molecule has 0 radical (unpaired) electrons. The van der Waals surface area contributed by atoms with Crippen molar-refractivity contribution in [2.75, 3.05) is 49.6 Å². The minimum atomic E-state index is -3.60. The van der Waals surface area contributed by atoms with E-state index >= 15 is 0 Å². The van der Waals surface area contributed by atoms with Crippen LogP contribution < -0.4 is 14.8 Å². The zero-order chi connectivity index (χ0) is 29.4. The van der Waals surface area contributed by atoms with Gasteiger partial charge in [-0.15, -0.1) is 0 Å². The number of H-pyrrole nitrogens is 1. The first kappa shape index (κ1) is 29.2. The largest absolute Gasteiger partial charge is 0.492 e. The summed E-state index contributed by atoms with van der Waals surface area (Å²) >= 11 is 0. The number of carbonyl (C=O) groups excluding carboxylic acids is 1. The predicted molar refractivity (Wildman–Crippen MR) is 156 cm³/mol. The van der Waals surface area contributed by atoms with Gasteiger partial charge in [-0.05, 0) is 41.7 Å². The van der Waals surface area contributed by atoms with Crippen LogP contribution in [0.2, 0.25) is 0 Å². The molecule has 1 unspecified atom stereocenters. The van der Waals surface area contributed by atoms with E-state index in [1.165, 1.54) is 12.0 Å². The highest BCUT2D eigenvalue weighted by Gasteiger charge is 2.27. The fraction of sp³-hybridized carbons (Fsp3) is 0.429. The number of carbonyl (C=O) groups is 2. The first-order chi connectivity index (χ1) is 18.7. The average molecular weight is 572 g/mol. The van der Waals surface area contributed by atoms with Gasteiger partial charge in [0.05, 0.1) is 30.3 Å². The average Bonchev–Trinajstić information content (AvgIpc) is 3.31. The number of para-hydroxylation sites is 1. The van der Waals surface area contributed by atoms with Gasteiger partial charge >= 0.3 is 6.09 Å². The molecular weight excluding hydrogens is 534 g/mol. The second-order valence-corrected chi connectivity index (χ2v) is 12.9. The smallest absolute Gasteiger partial charge is 0.407 e. The first-order valence-corrected chi connectivity index (χ1v) is 14.9. The number of anilines is 2. The van der Waals surface area contributed by atoms with Crippen molar-refractivity contribution in [2.45, 2.75) is 39.2 Å². The van der Waals surface area contributed by atoms with Crippen molar-refractivity contribution in [2.24, 2.45) is 0 Å².